The minimum absolute atomic E-state index is 0.00347. The van der Waals surface area contributed by atoms with Crippen LogP contribution in [-0.4, -0.2) is 31.2 Å². The first-order valence-corrected chi connectivity index (χ1v) is 7.39. The Morgan fingerprint density at radius 3 is 2.62 bits per heavy atom. The van der Waals surface area contributed by atoms with Crippen LogP contribution in [-0.2, 0) is 10.0 Å². The van der Waals surface area contributed by atoms with Gasteiger partial charge < -0.3 is 5.32 Å². The van der Waals surface area contributed by atoms with Crippen LogP contribution in [0.4, 0.5) is 5.13 Å². The lowest BCUT2D eigenvalue weighted by Gasteiger charge is -2.08. The number of rotatable bonds is 6. The molecule has 2 N–H and O–H groups in total. The zero-order valence-electron chi connectivity index (χ0n) is 9.52. The zero-order chi connectivity index (χ0) is 12.2. The van der Waals surface area contributed by atoms with Gasteiger partial charge in [-0.2, -0.15) is 0 Å². The van der Waals surface area contributed by atoms with Crippen LogP contribution in [0.3, 0.4) is 0 Å². The van der Waals surface area contributed by atoms with E-state index in [-0.39, 0.29) is 10.4 Å². The molecular formula is C8H16N4O2S2. The molecule has 8 heteroatoms. The predicted octanol–water partition coefficient (Wildman–Crippen LogP) is 1.05. The second-order valence-electron chi connectivity index (χ2n) is 3.33. The highest BCUT2D eigenvalue weighted by molar-refractivity contribution is 7.91. The lowest BCUT2D eigenvalue weighted by Crippen LogP contribution is -2.31. The standard InChI is InChI=1S/C8H16N4O2S2/c1-4-6(3)12-16(13,14)8-11-10-7(15-8)9-5-2/h6,12H,4-5H2,1-3H3,(H,9,10). The van der Waals surface area contributed by atoms with Crippen LogP contribution in [0, 0.1) is 0 Å². The summed E-state index contributed by atoms with van der Waals surface area (Å²) in [5, 5.41) is 10.8. The molecule has 1 aromatic heterocycles. The van der Waals surface area contributed by atoms with Gasteiger partial charge in [0.1, 0.15) is 0 Å². The monoisotopic (exact) mass is 264 g/mol. The smallest absolute Gasteiger partial charge is 0.270 e. The van der Waals surface area contributed by atoms with E-state index in [4.69, 9.17) is 0 Å². The fourth-order valence-corrected chi connectivity index (χ4v) is 3.25. The molecule has 0 aromatic carbocycles. The maximum atomic E-state index is 11.8. The highest BCUT2D eigenvalue weighted by atomic mass is 32.2. The molecule has 1 heterocycles. The molecule has 0 spiro atoms. The molecule has 0 amide bonds. The molecule has 1 atom stereocenters. The number of sulfonamides is 1. The summed E-state index contributed by atoms with van der Waals surface area (Å²) in [4.78, 5) is 0. The SMILES string of the molecule is CCNc1nnc(S(=O)(=O)NC(C)CC)s1. The Labute approximate surface area is 99.5 Å². The average molecular weight is 264 g/mol. The van der Waals surface area contributed by atoms with Gasteiger partial charge in [-0.15, -0.1) is 10.2 Å². The van der Waals surface area contributed by atoms with Crippen LogP contribution < -0.4 is 10.0 Å². The van der Waals surface area contributed by atoms with Crippen LogP contribution in [0.1, 0.15) is 27.2 Å². The number of hydrogen-bond acceptors (Lipinski definition) is 6. The third kappa shape index (κ3) is 3.39. The zero-order valence-corrected chi connectivity index (χ0v) is 11.2. The quantitative estimate of drug-likeness (QED) is 0.802. The summed E-state index contributed by atoms with van der Waals surface area (Å²) in [7, 11) is -3.51. The average Bonchev–Trinajstić information content (AvgIpc) is 2.67. The molecule has 0 saturated heterocycles. The van der Waals surface area contributed by atoms with Crippen molar-refractivity contribution in [1.82, 2.24) is 14.9 Å². The summed E-state index contributed by atoms with van der Waals surface area (Å²) in [5.74, 6) is 0. The van der Waals surface area contributed by atoms with E-state index in [1.807, 2.05) is 20.8 Å². The molecule has 1 unspecified atom stereocenters. The van der Waals surface area contributed by atoms with Crippen molar-refractivity contribution in [2.75, 3.05) is 11.9 Å². The molecule has 16 heavy (non-hydrogen) atoms. The molecule has 0 bridgehead atoms. The van der Waals surface area contributed by atoms with E-state index in [0.29, 0.717) is 11.7 Å². The minimum atomic E-state index is -3.51. The number of nitrogens with zero attached hydrogens (tertiary/aromatic N) is 2. The van der Waals surface area contributed by atoms with Gasteiger partial charge in [-0.25, -0.2) is 13.1 Å². The first-order valence-electron chi connectivity index (χ1n) is 5.09. The lowest BCUT2D eigenvalue weighted by molar-refractivity contribution is 0.554. The Morgan fingerprint density at radius 1 is 1.38 bits per heavy atom. The first-order chi connectivity index (χ1) is 7.49. The molecule has 0 fully saturated rings. The maximum absolute atomic E-state index is 11.8. The van der Waals surface area contributed by atoms with Gasteiger partial charge in [-0.1, -0.05) is 18.3 Å². The summed E-state index contributed by atoms with van der Waals surface area (Å²) in [5.41, 5.74) is 0. The van der Waals surface area contributed by atoms with E-state index < -0.39 is 10.0 Å². The molecule has 0 aliphatic heterocycles. The largest absolute Gasteiger partial charge is 0.360 e. The van der Waals surface area contributed by atoms with Crippen molar-refractivity contribution in [2.24, 2.45) is 0 Å². The Balaban J connectivity index is 2.81. The molecule has 0 saturated carbocycles. The van der Waals surface area contributed by atoms with E-state index in [1.165, 1.54) is 0 Å². The van der Waals surface area contributed by atoms with Crippen LogP contribution in [0.25, 0.3) is 0 Å². The van der Waals surface area contributed by atoms with Crippen LogP contribution in [0.5, 0.6) is 0 Å². The normalized spacial score (nSPS) is 13.7. The lowest BCUT2D eigenvalue weighted by atomic mass is 10.3. The van der Waals surface area contributed by atoms with E-state index in [9.17, 15) is 8.42 Å². The Kier molecular flexibility index (Phi) is 4.63. The van der Waals surface area contributed by atoms with Gasteiger partial charge in [0, 0.05) is 12.6 Å². The molecule has 1 rings (SSSR count). The van der Waals surface area contributed by atoms with Gasteiger partial charge in [0.2, 0.25) is 9.47 Å². The predicted molar refractivity (Wildman–Crippen MR) is 64.1 cm³/mol. The highest BCUT2D eigenvalue weighted by Crippen LogP contribution is 2.19. The maximum Gasteiger partial charge on any atom is 0.270 e. The number of hydrogen-bond donors (Lipinski definition) is 2. The van der Waals surface area contributed by atoms with E-state index >= 15 is 0 Å². The van der Waals surface area contributed by atoms with Gasteiger partial charge in [-0.05, 0) is 20.3 Å². The summed E-state index contributed by atoms with van der Waals surface area (Å²) in [6.45, 7) is 6.32. The Hall–Kier alpha value is -0.730. The van der Waals surface area contributed by atoms with Crippen molar-refractivity contribution in [1.29, 1.82) is 0 Å². The molecular weight excluding hydrogens is 248 g/mol. The fraction of sp³-hybridized carbons (Fsp3) is 0.750. The number of nitrogens with one attached hydrogen (secondary N) is 2. The van der Waals surface area contributed by atoms with Crippen LogP contribution in [0.2, 0.25) is 0 Å². The molecule has 0 radical (unpaired) electrons. The van der Waals surface area contributed by atoms with Crippen molar-refractivity contribution < 1.29 is 8.42 Å². The number of anilines is 1. The van der Waals surface area contributed by atoms with Crippen molar-refractivity contribution in [3.8, 4) is 0 Å². The highest BCUT2D eigenvalue weighted by Gasteiger charge is 2.21. The fourth-order valence-electron chi connectivity index (χ4n) is 0.940. The van der Waals surface area contributed by atoms with E-state index in [1.54, 1.807) is 0 Å². The second-order valence-corrected chi connectivity index (χ2v) is 6.20. The summed E-state index contributed by atoms with van der Waals surface area (Å²) in [6.07, 6.45) is 0.734. The summed E-state index contributed by atoms with van der Waals surface area (Å²) >= 11 is 1.03. The Bertz CT molecular complexity index is 429. The van der Waals surface area contributed by atoms with Gasteiger partial charge in [0.25, 0.3) is 10.0 Å². The van der Waals surface area contributed by atoms with Gasteiger partial charge in [-0.3, -0.25) is 0 Å². The van der Waals surface area contributed by atoms with Crippen LogP contribution >= 0.6 is 11.3 Å². The summed E-state index contributed by atoms with van der Waals surface area (Å²) in [6, 6.07) is -0.100. The van der Waals surface area contributed by atoms with Gasteiger partial charge >= 0.3 is 0 Å². The molecule has 0 aliphatic carbocycles. The van der Waals surface area contributed by atoms with E-state index in [2.05, 4.69) is 20.2 Å². The van der Waals surface area contributed by atoms with Crippen molar-refractivity contribution >= 4 is 26.5 Å². The van der Waals surface area contributed by atoms with Crippen molar-refractivity contribution in [3.05, 3.63) is 0 Å². The van der Waals surface area contributed by atoms with E-state index in [0.717, 1.165) is 17.8 Å². The third-order valence-corrected chi connectivity index (χ3v) is 4.77. The van der Waals surface area contributed by atoms with Crippen LogP contribution in [0.15, 0.2) is 4.34 Å². The van der Waals surface area contributed by atoms with Crippen molar-refractivity contribution in [2.45, 2.75) is 37.6 Å². The first kappa shape index (κ1) is 13.3. The molecule has 92 valence electrons. The summed E-state index contributed by atoms with van der Waals surface area (Å²) < 4.78 is 26.1. The topological polar surface area (TPSA) is 84.0 Å². The molecule has 0 aliphatic rings. The second kappa shape index (κ2) is 5.55. The minimum Gasteiger partial charge on any atom is -0.360 e. The van der Waals surface area contributed by atoms with Gasteiger partial charge in [0.05, 0.1) is 0 Å². The third-order valence-electron chi connectivity index (χ3n) is 1.93. The van der Waals surface area contributed by atoms with Gasteiger partial charge in [0.15, 0.2) is 0 Å². The molecule has 1 aromatic rings. The number of aromatic nitrogens is 2. The Morgan fingerprint density at radius 2 is 2.06 bits per heavy atom. The molecule has 6 nitrogen and oxygen atoms in total. The van der Waals surface area contributed by atoms with Crippen molar-refractivity contribution in [3.63, 3.8) is 0 Å².